The van der Waals surface area contributed by atoms with Gasteiger partial charge in [-0.3, -0.25) is 0 Å². The third-order valence-electron chi connectivity index (χ3n) is 1.60. The van der Waals surface area contributed by atoms with E-state index in [1.54, 1.807) is 0 Å². The van der Waals surface area contributed by atoms with Crippen LogP contribution in [0.1, 0.15) is 11.6 Å². The molecule has 1 rings (SSSR count). The van der Waals surface area contributed by atoms with Gasteiger partial charge in [-0.2, -0.15) is 0 Å². The summed E-state index contributed by atoms with van der Waals surface area (Å²) in [6.07, 6.45) is 0. The molecule has 2 unspecified atom stereocenters. The van der Waals surface area contributed by atoms with E-state index < -0.39 is 0 Å². The van der Waals surface area contributed by atoms with Crippen molar-refractivity contribution in [2.24, 2.45) is 11.5 Å². The Hall–Kier alpha value is -0.430. The lowest BCUT2D eigenvalue weighted by molar-refractivity contribution is 0.694. The van der Waals surface area contributed by atoms with Gasteiger partial charge in [0, 0.05) is 11.8 Å². The molecule has 1 aromatic rings. The Labute approximate surface area is 69.2 Å². The average Bonchev–Trinajstić information content (AvgIpc) is 2.05. The zero-order valence-electron chi connectivity index (χ0n) is 6.27. The summed E-state index contributed by atoms with van der Waals surface area (Å²) in [5.41, 5.74) is 12.5. The molecule has 0 saturated carbocycles. The molecule has 60 valence electrons. The van der Waals surface area contributed by atoms with E-state index in [1.165, 1.54) is 0 Å². The van der Waals surface area contributed by atoms with E-state index in [0.29, 0.717) is 0 Å². The van der Waals surface area contributed by atoms with Gasteiger partial charge in [0.25, 0.3) is 0 Å². The fourth-order valence-electron chi connectivity index (χ4n) is 0.897. The first-order valence-electron chi connectivity index (χ1n) is 3.53. The second kappa shape index (κ2) is 3.82. The topological polar surface area (TPSA) is 52.0 Å². The van der Waals surface area contributed by atoms with E-state index in [-0.39, 0.29) is 11.8 Å². The Bertz CT molecular complexity index is 211. The SMILES string of the molecule is NC(c1ccccc1)[C@@H](N)P. The largest absolute Gasteiger partial charge is 0.323 e. The Morgan fingerprint density at radius 2 is 1.64 bits per heavy atom. The van der Waals surface area contributed by atoms with Gasteiger partial charge >= 0.3 is 0 Å². The molecule has 0 amide bonds. The third kappa shape index (κ3) is 2.26. The van der Waals surface area contributed by atoms with Crippen molar-refractivity contribution < 1.29 is 0 Å². The van der Waals surface area contributed by atoms with E-state index in [0.717, 1.165) is 5.56 Å². The van der Waals surface area contributed by atoms with Crippen molar-refractivity contribution in [1.29, 1.82) is 0 Å². The summed E-state index contributed by atoms with van der Waals surface area (Å²) in [5, 5.41) is 0. The summed E-state index contributed by atoms with van der Waals surface area (Å²) in [7, 11) is 2.50. The molecule has 0 bridgehead atoms. The Morgan fingerprint density at radius 1 is 1.09 bits per heavy atom. The molecule has 3 atom stereocenters. The second-order valence-electron chi connectivity index (χ2n) is 2.51. The van der Waals surface area contributed by atoms with Gasteiger partial charge in [0.05, 0.1) is 0 Å². The highest BCUT2D eigenvalue weighted by atomic mass is 31.0. The lowest BCUT2D eigenvalue weighted by atomic mass is 10.1. The van der Waals surface area contributed by atoms with Crippen LogP contribution in [0.5, 0.6) is 0 Å². The Morgan fingerprint density at radius 3 is 2.09 bits per heavy atom. The zero-order valence-corrected chi connectivity index (χ0v) is 7.43. The number of hydrogen-bond donors (Lipinski definition) is 2. The van der Waals surface area contributed by atoms with Crippen LogP contribution >= 0.6 is 9.24 Å². The minimum atomic E-state index is -0.0822. The number of nitrogens with two attached hydrogens (primary N) is 2. The molecule has 0 heterocycles. The molecule has 0 aliphatic heterocycles. The van der Waals surface area contributed by atoms with Crippen molar-refractivity contribution in [2.75, 3.05) is 0 Å². The van der Waals surface area contributed by atoms with Crippen LogP contribution in [0.15, 0.2) is 30.3 Å². The first-order chi connectivity index (χ1) is 5.22. The second-order valence-corrected chi connectivity index (χ2v) is 3.28. The Balaban J connectivity index is 2.77. The quantitative estimate of drug-likeness (QED) is 0.643. The van der Waals surface area contributed by atoms with Crippen molar-refractivity contribution in [3.05, 3.63) is 35.9 Å². The molecule has 11 heavy (non-hydrogen) atoms. The molecule has 4 N–H and O–H groups in total. The lowest BCUT2D eigenvalue weighted by Crippen LogP contribution is -2.28. The van der Waals surface area contributed by atoms with Gasteiger partial charge in [0.1, 0.15) is 0 Å². The number of benzene rings is 1. The minimum Gasteiger partial charge on any atom is -0.323 e. The van der Waals surface area contributed by atoms with Gasteiger partial charge in [-0.25, -0.2) is 0 Å². The summed E-state index contributed by atoms with van der Waals surface area (Å²) in [5.74, 6) is -0.0719. The molecule has 0 aliphatic rings. The number of rotatable bonds is 2. The highest BCUT2D eigenvalue weighted by Crippen LogP contribution is 2.15. The van der Waals surface area contributed by atoms with E-state index >= 15 is 0 Å². The van der Waals surface area contributed by atoms with Crippen molar-refractivity contribution >= 4 is 9.24 Å². The summed E-state index contributed by atoms with van der Waals surface area (Å²) >= 11 is 0. The van der Waals surface area contributed by atoms with Gasteiger partial charge in [0.15, 0.2) is 0 Å². The third-order valence-corrected chi connectivity index (χ3v) is 2.01. The highest BCUT2D eigenvalue weighted by molar-refractivity contribution is 7.17. The van der Waals surface area contributed by atoms with Crippen molar-refractivity contribution in [2.45, 2.75) is 11.8 Å². The van der Waals surface area contributed by atoms with Crippen LogP contribution in [0.4, 0.5) is 0 Å². The maximum atomic E-state index is 5.79. The zero-order chi connectivity index (χ0) is 8.27. The summed E-state index contributed by atoms with van der Waals surface area (Å²) in [4.78, 5) is 0. The maximum absolute atomic E-state index is 5.79. The first kappa shape index (κ1) is 8.66. The van der Waals surface area contributed by atoms with Crippen LogP contribution in [-0.2, 0) is 0 Å². The predicted molar refractivity (Wildman–Crippen MR) is 51.1 cm³/mol. The van der Waals surface area contributed by atoms with Crippen LogP contribution < -0.4 is 11.5 Å². The summed E-state index contributed by atoms with van der Waals surface area (Å²) in [6.45, 7) is 0. The highest BCUT2D eigenvalue weighted by Gasteiger charge is 2.08. The smallest absolute Gasteiger partial charge is 0.0484 e. The lowest BCUT2D eigenvalue weighted by Gasteiger charge is -2.14. The molecule has 0 saturated heterocycles. The Kier molecular flexibility index (Phi) is 3.01. The van der Waals surface area contributed by atoms with Crippen LogP contribution in [-0.4, -0.2) is 5.78 Å². The van der Waals surface area contributed by atoms with Crippen LogP contribution in [0.2, 0.25) is 0 Å². The fraction of sp³-hybridized carbons (Fsp3) is 0.250. The molecule has 0 fully saturated rings. The van der Waals surface area contributed by atoms with E-state index in [1.807, 2.05) is 30.3 Å². The molecule has 0 aliphatic carbocycles. The summed E-state index contributed by atoms with van der Waals surface area (Å²) in [6, 6.07) is 9.76. The van der Waals surface area contributed by atoms with Gasteiger partial charge in [-0.1, -0.05) is 30.3 Å². The van der Waals surface area contributed by atoms with E-state index in [4.69, 9.17) is 11.5 Å². The fourth-order valence-corrected chi connectivity index (χ4v) is 1.12. The molecule has 0 aromatic heterocycles. The number of hydrogen-bond acceptors (Lipinski definition) is 2. The molecule has 1 aromatic carbocycles. The molecular formula is C8H13N2P. The van der Waals surface area contributed by atoms with E-state index in [9.17, 15) is 0 Å². The molecule has 0 spiro atoms. The van der Waals surface area contributed by atoms with Crippen LogP contribution in [0.25, 0.3) is 0 Å². The van der Waals surface area contributed by atoms with Gasteiger partial charge in [-0.15, -0.1) is 9.24 Å². The van der Waals surface area contributed by atoms with Gasteiger partial charge in [-0.05, 0) is 5.56 Å². The van der Waals surface area contributed by atoms with Crippen LogP contribution in [0.3, 0.4) is 0 Å². The predicted octanol–water partition coefficient (Wildman–Crippen LogP) is 0.846. The van der Waals surface area contributed by atoms with Gasteiger partial charge in [0.2, 0.25) is 0 Å². The van der Waals surface area contributed by atoms with Crippen molar-refractivity contribution in [3.8, 4) is 0 Å². The summed E-state index contributed by atoms with van der Waals surface area (Å²) < 4.78 is 0. The molecule has 2 nitrogen and oxygen atoms in total. The minimum absolute atomic E-state index is 0.0719. The molecular weight excluding hydrogens is 155 g/mol. The van der Waals surface area contributed by atoms with E-state index in [2.05, 4.69) is 9.24 Å². The molecule has 3 heteroatoms. The van der Waals surface area contributed by atoms with Crippen molar-refractivity contribution in [1.82, 2.24) is 0 Å². The van der Waals surface area contributed by atoms with Crippen LogP contribution in [0, 0.1) is 0 Å². The maximum Gasteiger partial charge on any atom is 0.0484 e. The van der Waals surface area contributed by atoms with Crippen molar-refractivity contribution in [3.63, 3.8) is 0 Å². The van der Waals surface area contributed by atoms with Gasteiger partial charge < -0.3 is 11.5 Å². The first-order valence-corrected chi connectivity index (χ1v) is 4.20. The monoisotopic (exact) mass is 168 g/mol. The standard InChI is InChI=1S/C8H13N2P/c9-7(8(10)11)6-4-2-1-3-5-6/h1-5,7-8H,9-11H2/t7?,8-/m0/s1. The average molecular weight is 168 g/mol. The molecule has 0 radical (unpaired) electrons. The normalized spacial score (nSPS) is 15.9.